The van der Waals surface area contributed by atoms with Crippen molar-refractivity contribution in [3.05, 3.63) is 35.3 Å². The summed E-state index contributed by atoms with van der Waals surface area (Å²) in [6, 6.07) is 6.58. The van der Waals surface area contributed by atoms with Crippen LogP contribution in [0.5, 0.6) is 0 Å². The van der Waals surface area contributed by atoms with E-state index in [1.165, 1.54) is 22.2 Å². The van der Waals surface area contributed by atoms with Gasteiger partial charge in [-0.2, -0.15) is 0 Å². The molecule has 0 saturated carbocycles. The SMILES string of the molecule is CC1=C[B]c2cc(C)ccc21. The van der Waals surface area contributed by atoms with Crippen LogP contribution in [0.3, 0.4) is 0 Å². The van der Waals surface area contributed by atoms with Gasteiger partial charge in [0.25, 0.3) is 0 Å². The molecule has 1 heterocycles. The molecule has 0 N–H and O–H groups in total. The van der Waals surface area contributed by atoms with Gasteiger partial charge in [-0.25, -0.2) is 0 Å². The summed E-state index contributed by atoms with van der Waals surface area (Å²) in [5.41, 5.74) is 5.46. The highest BCUT2D eigenvalue weighted by Gasteiger charge is 2.09. The van der Waals surface area contributed by atoms with Crippen LogP contribution in [-0.2, 0) is 0 Å². The average Bonchev–Trinajstić information content (AvgIpc) is 2.32. The van der Waals surface area contributed by atoms with Crippen molar-refractivity contribution in [2.75, 3.05) is 0 Å². The van der Waals surface area contributed by atoms with E-state index in [-0.39, 0.29) is 0 Å². The van der Waals surface area contributed by atoms with Crippen LogP contribution >= 0.6 is 0 Å². The molecule has 0 fully saturated rings. The molecule has 0 atom stereocenters. The molecule has 1 radical (unpaired) electrons. The molecule has 0 saturated heterocycles. The molecule has 11 heavy (non-hydrogen) atoms. The molecule has 0 aliphatic carbocycles. The minimum Gasteiger partial charge on any atom is -0.113 e. The molecule has 0 amide bonds. The van der Waals surface area contributed by atoms with Gasteiger partial charge in [0.05, 0.1) is 0 Å². The normalized spacial score (nSPS) is 13.8. The van der Waals surface area contributed by atoms with Crippen LogP contribution in [0.2, 0.25) is 0 Å². The van der Waals surface area contributed by atoms with Gasteiger partial charge in [0, 0.05) is 0 Å². The summed E-state index contributed by atoms with van der Waals surface area (Å²) in [4.78, 5) is 0. The topological polar surface area (TPSA) is 0 Å². The Hall–Kier alpha value is -0.975. The van der Waals surface area contributed by atoms with Crippen molar-refractivity contribution in [3.63, 3.8) is 0 Å². The summed E-state index contributed by atoms with van der Waals surface area (Å²) in [6.45, 7) is 4.28. The fraction of sp³-hybridized carbons (Fsp3) is 0.200. The molecule has 2 rings (SSSR count). The van der Waals surface area contributed by atoms with Crippen molar-refractivity contribution >= 4 is 18.3 Å². The van der Waals surface area contributed by atoms with Crippen molar-refractivity contribution in [2.24, 2.45) is 0 Å². The van der Waals surface area contributed by atoms with Gasteiger partial charge < -0.3 is 0 Å². The molecular weight excluding hydrogens is 131 g/mol. The lowest BCUT2D eigenvalue weighted by Gasteiger charge is -2.01. The molecule has 1 aliphatic heterocycles. The van der Waals surface area contributed by atoms with Gasteiger partial charge >= 0.3 is 0 Å². The number of benzene rings is 1. The third-order valence-electron chi connectivity index (χ3n) is 2.14. The van der Waals surface area contributed by atoms with Crippen molar-refractivity contribution < 1.29 is 0 Å². The van der Waals surface area contributed by atoms with Crippen LogP contribution < -0.4 is 5.46 Å². The molecule has 1 aliphatic rings. The van der Waals surface area contributed by atoms with Gasteiger partial charge in [0.2, 0.25) is 0 Å². The molecule has 1 aromatic carbocycles. The second-order valence-corrected chi connectivity index (χ2v) is 3.11. The lowest BCUT2D eigenvalue weighted by atomic mass is 9.73. The average molecular weight is 141 g/mol. The van der Waals surface area contributed by atoms with E-state index in [0.29, 0.717) is 0 Å². The van der Waals surface area contributed by atoms with Gasteiger partial charge in [0.1, 0.15) is 0 Å². The van der Waals surface area contributed by atoms with Crippen molar-refractivity contribution in [2.45, 2.75) is 13.8 Å². The molecule has 0 unspecified atom stereocenters. The Bertz CT molecular complexity index is 324. The lowest BCUT2D eigenvalue weighted by molar-refractivity contribution is 1.48. The van der Waals surface area contributed by atoms with Gasteiger partial charge in [0.15, 0.2) is 7.28 Å². The molecule has 1 aromatic rings. The number of allylic oxidation sites excluding steroid dienone is 1. The van der Waals surface area contributed by atoms with Crippen LogP contribution in [0.15, 0.2) is 24.2 Å². The first-order valence-electron chi connectivity index (χ1n) is 3.90. The number of fused-ring (bicyclic) bond motifs is 1. The van der Waals surface area contributed by atoms with Crippen molar-refractivity contribution in [1.29, 1.82) is 0 Å². The van der Waals surface area contributed by atoms with E-state index in [2.05, 4.69) is 45.3 Å². The van der Waals surface area contributed by atoms with Gasteiger partial charge in [-0.05, 0) is 19.4 Å². The maximum absolute atomic E-state index is 2.22. The zero-order valence-electron chi connectivity index (χ0n) is 6.89. The van der Waals surface area contributed by atoms with Gasteiger partial charge in [-0.15, -0.1) is 5.98 Å². The summed E-state index contributed by atoms with van der Waals surface area (Å²) in [5, 5.41) is 0. The fourth-order valence-corrected chi connectivity index (χ4v) is 1.48. The molecular formula is C10H10B. The second kappa shape index (κ2) is 2.26. The largest absolute Gasteiger partial charge is 0.182 e. The Morgan fingerprint density at radius 3 is 2.82 bits per heavy atom. The first kappa shape index (κ1) is 6.72. The number of aryl methyl sites for hydroxylation is 1. The second-order valence-electron chi connectivity index (χ2n) is 3.11. The van der Waals surface area contributed by atoms with E-state index in [1.54, 1.807) is 0 Å². The summed E-state index contributed by atoms with van der Waals surface area (Å²) in [6.07, 6.45) is 0. The predicted molar refractivity (Wildman–Crippen MR) is 50.2 cm³/mol. The molecule has 53 valence electrons. The van der Waals surface area contributed by atoms with Crippen LogP contribution in [0.25, 0.3) is 5.57 Å². The minimum absolute atomic E-state index is 1.34. The van der Waals surface area contributed by atoms with E-state index in [1.807, 2.05) is 0 Å². The Labute approximate surface area is 68.2 Å². The highest BCUT2D eigenvalue weighted by atomic mass is 14.0. The number of hydrogen-bond acceptors (Lipinski definition) is 0. The van der Waals surface area contributed by atoms with Crippen molar-refractivity contribution in [3.8, 4) is 0 Å². The summed E-state index contributed by atoms with van der Waals surface area (Å²) in [7, 11) is 2.18. The molecule has 0 bridgehead atoms. The third-order valence-corrected chi connectivity index (χ3v) is 2.14. The quantitative estimate of drug-likeness (QED) is 0.482. The smallest absolute Gasteiger partial charge is 0.113 e. The van der Waals surface area contributed by atoms with E-state index in [9.17, 15) is 0 Å². The van der Waals surface area contributed by atoms with Gasteiger partial charge in [-0.3, -0.25) is 0 Å². The Morgan fingerprint density at radius 2 is 2.00 bits per heavy atom. The predicted octanol–water partition coefficient (Wildman–Crippen LogP) is 1.70. The Morgan fingerprint density at radius 1 is 1.18 bits per heavy atom. The first-order valence-corrected chi connectivity index (χ1v) is 3.90. The van der Waals surface area contributed by atoms with Crippen LogP contribution in [0.4, 0.5) is 0 Å². The highest BCUT2D eigenvalue weighted by Crippen LogP contribution is 2.16. The summed E-state index contributed by atoms with van der Waals surface area (Å²) < 4.78 is 0. The van der Waals surface area contributed by atoms with E-state index in [4.69, 9.17) is 0 Å². The summed E-state index contributed by atoms with van der Waals surface area (Å²) >= 11 is 0. The Balaban J connectivity index is 2.58. The maximum atomic E-state index is 2.22. The van der Waals surface area contributed by atoms with Crippen LogP contribution in [0.1, 0.15) is 18.1 Å². The third kappa shape index (κ3) is 1.01. The zero-order chi connectivity index (χ0) is 7.84. The maximum Gasteiger partial charge on any atom is 0.182 e. The molecule has 1 heteroatoms. The van der Waals surface area contributed by atoms with Crippen LogP contribution in [-0.4, -0.2) is 7.28 Å². The molecule has 0 nitrogen and oxygen atoms in total. The Kier molecular flexibility index (Phi) is 1.38. The zero-order valence-corrected chi connectivity index (χ0v) is 6.89. The lowest BCUT2D eigenvalue weighted by Crippen LogP contribution is -2.11. The van der Waals surface area contributed by atoms with Crippen LogP contribution in [0, 0.1) is 6.92 Å². The first-order chi connectivity index (χ1) is 5.27. The van der Waals surface area contributed by atoms with E-state index in [0.717, 1.165) is 0 Å². The molecule has 0 spiro atoms. The summed E-state index contributed by atoms with van der Waals surface area (Å²) in [5.74, 6) is 2.17. The highest BCUT2D eigenvalue weighted by molar-refractivity contribution is 6.63. The number of rotatable bonds is 0. The van der Waals surface area contributed by atoms with E-state index < -0.39 is 0 Å². The minimum atomic E-state index is 1.34. The molecule has 0 aromatic heterocycles. The standard InChI is InChI=1S/C10H10B/c1-7-3-4-9-8(2)6-11-10(9)5-7/h3-6H,1-2H3. The van der Waals surface area contributed by atoms with E-state index >= 15 is 0 Å². The number of hydrogen-bond donors (Lipinski definition) is 0. The monoisotopic (exact) mass is 141 g/mol. The van der Waals surface area contributed by atoms with Crippen molar-refractivity contribution in [1.82, 2.24) is 0 Å². The van der Waals surface area contributed by atoms with Gasteiger partial charge in [-0.1, -0.05) is 34.8 Å². The fourth-order valence-electron chi connectivity index (χ4n) is 1.48.